The Balaban J connectivity index is 1.28. The molecule has 2 fully saturated rings. The van der Waals surface area contributed by atoms with Gasteiger partial charge in [-0.25, -0.2) is 0 Å². The molecule has 1 saturated heterocycles. The largest absolute Gasteiger partial charge is 0.311 e. The summed E-state index contributed by atoms with van der Waals surface area (Å²) in [6.07, 6.45) is 2.89. The molecule has 106 valence electrons. The highest BCUT2D eigenvalue weighted by atomic mass is 32.1. The molecule has 4 heteroatoms. The predicted molar refractivity (Wildman–Crippen MR) is 81.8 cm³/mol. The van der Waals surface area contributed by atoms with E-state index in [2.05, 4.69) is 34.2 Å². The Labute approximate surface area is 120 Å². The van der Waals surface area contributed by atoms with Gasteiger partial charge in [0.1, 0.15) is 0 Å². The summed E-state index contributed by atoms with van der Waals surface area (Å²) in [4.78, 5) is 8.15. The SMILES string of the molecule is Cc1ccc(CNCCN2CCN(C3CC3)CC2)s1. The molecule has 1 aliphatic carbocycles. The van der Waals surface area contributed by atoms with Crippen molar-refractivity contribution in [2.75, 3.05) is 39.3 Å². The lowest BCUT2D eigenvalue weighted by molar-refractivity contribution is 0.127. The highest BCUT2D eigenvalue weighted by molar-refractivity contribution is 7.11. The first-order valence-corrected chi connectivity index (χ1v) is 8.35. The zero-order valence-electron chi connectivity index (χ0n) is 11.9. The second-order valence-electron chi connectivity index (χ2n) is 5.80. The summed E-state index contributed by atoms with van der Waals surface area (Å²) in [5.41, 5.74) is 0. The Morgan fingerprint density at radius 2 is 2.00 bits per heavy atom. The number of piperazine rings is 1. The van der Waals surface area contributed by atoms with E-state index in [1.807, 2.05) is 11.3 Å². The van der Waals surface area contributed by atoms with Crippen LogP contribution < -0.4 is 5.32 Å². The summed E-state index contributed by atoms with van der Waals surface area (Å²) < 4.78 is 0. The van der Waals surface area contributed by atoms with Crippen LogP contribution in [0.5, 0.6) is 0 Å². The Hall–Kier alpha value is -0.420. The number of hydrogen-bond donors (Lipinski definition) is 1. The van der Waals surface area contributed by atoms with Crippen molar-refractivity contribution in [1.82, 2.24) is 15.1 Å². The monoisotopic (exact) mass is 279 g/mol. The Bertz CT molecular complexity index is 392. The van der Waals surface area contributed by atoms with E-state index in [1.54, 1.807) is 0 Å². The second-order valence-corrected chi connectivity index (χ2v) is 7.17. The first kappa shape index (κ1) is 13.6. The van der Waals surface area contributed by atoms with Gasteiger partial charge >= 0.3 is 0 Å². The van der Waals surface area contributed by atoms with E-state index in [-0.39, 0.29) is 0 Å². The fraction of sp³-hybridized carbons (Fsp3) is 0.733. The van der Waals surface area contributed by atoms with Crippen molar-refractivity contribution in [3.8, 4) is 0 Å². The smallest absolute Gasteiger partial charge is 0.0300 e. The second kappa shape index (κ2) is 6.35. The number of rotatable bonds is 6. The summed E-state index contributed by atoms with van der Waals surface area (Å²) in [6.45, 7) is 10.6. The fourth-order valence-corrected chi connectivity index (χ4v) is 3.68. The fourth-order valence-electron chi connectivity index (χ4n) is 2.82. The van der Waals surface area contributed by atoms with Gasteiger partial charge in [-0.1, -0.05) is 0 Å². The molecule has 0 amide bonds. The molecule has 0 atom stereocenters. The molecule has 0 bridgehead atoms. The maximum Gasteiger partial charge on any atom is 0.0300 e. The third kappa shape index (κ3) is 4.02. The van der Waals surface area contributed by atoms with Gasteiger partial charge in [-0.2, -0.15) is 0 Å². The quantitative estimate of drug-likeness (QED) is 0.803. The molecule has 0 radical (unpaired) electrons. The average Bonchev–Trinajstić information content (AvgIpc) is 3.19. The highest BCUT2D eigenvalue weighted by Gasteiger charge is 2.30. The number of nitrogens with zero attached hydrogens (tertiary/aromatic N) is 2. The summed E-state index contributed by atoms with van der Waals surface area (Å²) in [6, 6.07) is 5.39. The van der Waals surface area contributed by atoms with Gasteiger partial charge in [-0.3, -0.25) is 9.80 Å². The van der Waals surface area contributed by atoms with Gasteiger partial charge in [0, 0.05) is 61.6 Å². The lowest BCUT2D eigenvalue weighted by Gasteiger charge is -2.34. The van der Waals surface area contributed by atoms with Crippen LogP contribution in [0.25, 0.3) is 0 Å². The van der Waals surface area contributed by atoms with Crippen LogP contribution in [0.1, 0.15) is 22.6 Å². The first-order chi connectivity index (χ1) is 9.31. The maximum absolute atomic E-state index is 3.56. The molecule has 2 aliphatic rings. The van der Waals surface area contributed by atoms with Gasteiger partial charge in [0.25, 0.3) is 0 Å². The van der Waals surface area contributed by atoms with E-state index in [0.29, 0.717) is 0 Å². The van der Waals surface area contributed by atoms with Crippen LogP contribution in [0.3, 0.4) is 0 Å². The summed E-state index contributed by atoms with van der Waals surface area (Å²) in [5, 5.41) is 3.56. The van der Waals surface area contributed by atoms with Gasteiger partial charge in [0.2, 0.25) is 0 Å². The van der Waals surface area contributed by atoms with Gasteiger partial charge in [-0.05, 0) is 31.9 Å². The molecule has 19 heavy (non-hydrogen) atoms. The first-order valence-electron chi connectivity index (χ1n) is 7.54. The highest BCUT2D eigenvalue weighted by Crippen LogP contribution is 2.27. The van der Waals surface area contributed by atoms with E-state index in [9.17, 15) is 0 Å². The predicted octanol–water partition coefficient (Wildman–Crippen LogP) is 1.93. The van der Waals surface area contributed by atoms with E-state index in [0.717, 1.165) is 19.1 Å². The molecule has 1 saturated carbocycles. The third-order valence-electron chi connectivity index (χ3n) is 4.17. The lowest BCUT2D eigenvalue weighted by atomic mass is 10.3. The van der Waals surface area contributed by atoms with Crippen LogP contribution in [0, 0.1) is 6.92 Å². The van der Waals surface area contributed by atoms with E-state index < -0.39 is 0 Å². The number of nitrogens with one attached hydrogen (secondary N) is 1. The maximum atomic E-state index is 3.56. The molecular weight excluding hydrogens is 254 g/mol. The molecule has 2 heterocycles. The summed E-state index contributed by atoms with van der Waals surface area (Å²) in [7, 11) is 0. The van der Waals surface area contributed by atoms with Crippen molar-refractivity contribution < 1.29 is 0 Å². The average molecular weight is 279 g/mol. The molecule has 1 aromatic heterocycles. The molecule has 0 unspecified atom stereocenters. The van der Waals surface area contributed by atoms with Crippen LogP contribution in [-0.4, -0.2) is 55.1 Å². The van der Waals surface area contributed by atoms with E-state index >= 15 is 0 Å². The van der Waals surface area contributed by atoms with Crippen LogP contribution in [-0.2, 0) is 6.54 Å². The number of aryl methyl sites for hydroxylation is 1. The number of hydrogen-bond acceptors (Lipinski definition) is 4. The van der Waals surface area contributed by atoms with Crippen LogP contribution in [0.15, 0.2) is 12.1 Å². The summed E-state index contributed by atoms with van der Waals surface area (Å²) >= 11 is 1.90. The third-order valence-corrected chi connectivity index (χ3v) is 5.17. The van der Waals surface area contributed by atoms with Gasteiger partial charge in [0.15, 0.2) is 0 Å². The zero-order chi connectivity index (χ0) is 13.1. The Kier molecular flexibility index (Phi) is 4.53. The van der Waals surface area contributed by atoms with Crippen molar-refractivity contribution in [2.24, 2.45) is 0 Å². The lowest BCUT2D eigenvalue weighted by Crippen LogP contribution is -2.48. The zero-order valence-corrected chi connectivity index (χ0v) is 12.7. The van der Waals surface area contributed by atoms with Crippen molar-refractivity contribution >= 4 is 11.3 Å². The van der Waals surface area contributed by atoms with Gasteiger partial charge in [0.05, 0.1) is 0 Å². The van der Waals surface area contributed by atoms with E-state index in [4.69, 9.17) is 0 Å². The minimum Gasteiger partial charge on any atom is -0.311 e. The Morgan fingerprint density at radius 1 is 1.21 bits per heavy atom. The topological polar surface area (TPSA) is 18.5 Å². The molecular formula is C15H25N3S. The molecule has 3 nitrogen and oxygen atoms in total. The minimum absolute atomic E-state index is 0.947. The Morgan fingerprint density at radius 3 is 2.63 bits per heavy atom. The molecule has 1 N–H and O–H groups in total. The standard InChI is InChI=1S/C15H25N3S/c1-13-2-5-15(19-13)12-16-6-7-17-8-10-18(11-9-17)14-3-4-14/h2,5,14,16H,3-4,6-12H2,1H3. The van der Waals surface area contributed by atoms with Gasteiger partial charge in [-0.15, -0.1) is 11.3 Å². The van der Waals surface area contributed by atoms with Crippen molar-refractivity contribution in [2.45, 2.75) is 32.4 Å². The van der Waals surface area contributed by atoms with Crippen molar-refractivity contribution in [3.05, 3.63) is 21.9 Å². The normalized spacial score (nSPS) is 21.9. The summed E-state index contributed by atoms with van der Waals surface area (Å²) in [5.74, 6) is 0. The van der Waals surface area contributed by atoms with Crippen LogP contribution in [0.4, 0.5) is 0 Å². The van der Waals surface area contributed by atoms with E-state index in [1.165, 1.54) is 55.3 Å². The molecule has 0 aromatic carbocycles. The van der Waals surface area contributed by atoms with Crippen molar-refractivity contribution in [1.29, 1.82) is 0 Å². The van der Waals surface area contributed by atoms with Crippen LogP contribution >= 0.6 is 11.3 Å². The minimum atomic E-state index is 0.947. The molecule has 1 aromatic rings. The number of thiophene rings is 1. The van der Waals surface area contributed by atoms with Crippen molar-refractivity contribution in [3.63, 3.8) is 0 Å². The van der Waals surface area contributed by atoms with Crippen LogP contribution in [0.2, 0.25) is 0 Å². The van der Waals surface area contributed by atoms with Gasteiger partial charge < -0.3 is 5.32 Å². The molecule has 3 rings (SSSR count). The molecule has 0 spiro atoms. The molecule has 1 aliphatic heterocycles.